The lowest BCUT2D eigenvalue weighted by atomic mass is 10.1. The molecule has 0 atom stereocenters. The highest BCUT2D eigenvalue weighted by atomic mass is 32.2. The minimum atomic E-state index is -3.70. The standard InChI is InChI=1S/C12H16N4O2S/c1-8-3-11(19(13,17)18)4-12(9(8)2)15-6-10-5-14-7-16-10/h3-5,7,15H,6H2,1-2H3,(H,14,16)(H2,13,17,18). The molecule has 0 aliphatic heterocycles. The Morgan fingerprint density at radius 1 is 1.37 bits per heavy atom. The van der Waals surface area contributed by atoms with E-state index in [2.05, 4.69) is 15.3 Å². The number of nitrogens with two attached hydrogens (primary N) is 1. The highest BCUT2D eigenvalue weighted by molar-refractivity contribution is 7.89. The number of sulfonamides is 1. The quantitative estimate of drug-likeness (QED) is 0.785. The first-order chi connectivity index (χ1) is 8.88. The van der Waals surface area contributed by atoms with E-state index >= 15 is 0 Å². The molecule has 0 saturated carbocycles. The van der Waals surface area contributed by atoms with Crippen molar-refractivity contribution in [2.24, 2.45) is 5.14 Å². The zero-order chi connectivity index (χ0) is 14.0. The van der Waals surface area contributed by atoms with Crippen LogP contribution in [0.15, 0.2) is 29.6 Å². The van der Waals surface area contributed by atoms with Gasteiger partial charge in [0, 0.05) is 11.9 Å². The second kappa shape index (κ2) is 5.02. The van der Waals surface area contributed by atoms with E-state index in [9.17, 15) is 8.42 Å². The van der Waals surface area contributed by atoms with Gasteiger partial charge in [0.2, 0.25) is 10.0 Å². The van der Waals surface area contributed by atoms with Gasteiger partial charge in [0.15, 0.2) is 0 Å². The first kappa shape index (κ1) is 13.6. The maximum absolute atomic E-state index is 11.4. The Bertz CT molecular complexity index is 678. The SMILES string of the molecule is Cc1cc(S(N)(=O)=O)cc(NCc2cnc[nH]2)c1C. The van der Waals surface area contributed by atoms with Crippen molar-refractivity contribution in [1.29, 1.82) is 0 Å². The van der Waals surface area contributed by atoms with E-state index in [4.69, 9.17) is 5.14 Å². The second-order valence-corrected chi connectivity index (χ2v) is 5.95. The van der Waals surface area contributed by atoms with Crippen LogP contribution in [0, 0.1) is 13.8 Å². The minimum Gasteiger partial charge on any atom is -0.379 e. The number of hydrogen-bond acceptors (Lipinski definition) is 4. The predicted octanol–water partition coefficient (Wildman–Crippen LogP) is 1.29. The molecule has 0 amide bonds. The molecule has 6 nitrogen and oxygen atoms in total. The van der Waals surface area contributed by atoms with Gasteiger partial charge in [-0.25, -0.2) is 18.5 Å². The van der Waals surface area contributed by atoms with Crippen LogP contribution in [0.1, 0.15) is 16.8 Å². The van der Waals surface area contributed by atoms with Crippen molar-refractivity contribution >= 4 is 15.7 Å². The molecule has 2 aromatic rings. The molecule has 1 aromatic carbocycles. The third-order valence-electron chi connectivity index (χ3n) is 2.99. The number of H-pyrrole nitrogens is 1. The lowest BCUT2D eigenvalue weighted by Gasteiger charge is -2.13. The Morgan fingerprint density at radius 3 is 2.68 bits per heavy atom. The Kier molecular flexibility index (Phi) is 3.59. The molecule has 0 saturated heterocycles. The first-order valence-corrected chi connectivity index (χ1v) is 7.28. The molecule has 102 valence electrons. The molecule has 0 aliphatic rings. The number of benzene rings is 1. The van der Waals surface area contributed by atoms with Crippen LogP contribution in [-0.2, 0) is 16.6 Å². The maximum atomic E-state index is 11.4. The van der Waals surface area contributed by atoms with E-state index in [1.807, 2.05) is 13.8 Å². The number of anilines is 1. The molecule has 7 heteroatoms. The maximum Gasteiger partial charge on any atom is 0.238 e. The third-order valence-corrected chi connectivity index (χ3v) is 3.89. The van der Waals surface area contributed by atoms with Gasteiger partial charge in [0.05, 0.1) is 23.5 Å². The zero-order valence-corrected chi connectivity index (χ0v) is 11.6. The fourth-order valence-electron chi connectivity index (χ4n) is 1.75. The van der Waals surface area contributed by atoms with Gasteiger partial charge in [-0.3, -0.25) is 0 Å². The Labute approximate surface area is 112 Å². The van der Waals surface area contributed by atoms with Crippen LogP contribution < -0.4 is 10.5 Å². The Balaban J connectivity index is 2.31. The van der Waals surface area contributed by atoms with Crippen molar-refractivity contribution in [3.63, 3.8) is 0 Å². The summed E-state index contributed by atoms with van der Waals surface area (Å²) in [5, 5.41) is 8.34. The van der Waals surface area contributed by atoms with Crippen molar-refractivity contribution in [3.05, 3.63) is 41.5 Å². The van der Waals surface area contributed by atoms with Crippen molar-refractivity contribution in [1.82, 2.24) is 9.97 Å². The number of aromatic nitrogens is 2. The molecular weight excluding hydrogens is 264 g/mol. The molecule has 0 spiro atoms. The molecule has 0 bridgehead atoms. The van der Waals surface area contributed by atoms with Gasteiger partial charge < -0.3 is 10.3 Å². The summed E-state index contributed by atoms with van der Waals surface area (Å²) in [7, 11) is -3.70. The van der Waals surface area contributed by atoms with E-state index in [1.165, 1.54) is 0 Å². The molecule has 2 rings (SSSR count). The molecule has 1 heterocycles. The molecule has 0 radical (unpaired) electrons. The molecule has 19 heavy (non-hydrogen) atoms. The van der Waals surface area contributed by atoms with Gasteiger partial charge in [-0.05, 0) is 37.1 Å². The predicted molar refractivity (Wildman–Crippen MR) is 73.2 cm³/mol. The number of hydrogen-bond donors (Lipinski definition) is 3. The number of nitrogens with one attached hydrogen (secondary N) is 2. The molecule has 4 N–H and O–H groups in total. The van der Waals surface area contributed by atoms with Gasteiger partial charge in [-0.15, -0.1) is 0 Å². The molecule has 0 aliphatic carbocycles. The summed E-state index contributed by atoms with van der Waals surface area (Å²) in [6.07, 6.45) is 3.30. The molecular formula is C12H16N4O2S. The molecule has 1 aromatic heterocycles. The van der Waals surface area contributed by atoms with E-state index in [0.717, 1.165) is 22.5 Å². The number of rotatable bonds is 4. The van der Waals surface area contributed by atoms with Gasteiger partial charge in [0.1, 0.15) is 0 Å². The zero-order valence-electron chi connectivity index (χ0n) is 10.8. The van der Waals surface area contributed by atoms with Crippen molar-refractivity contribution in [3.8, 4) is 0 Å². The highest BCUT2D eigenvalue weighted by Gasteiger charge is 2.12. The van der Waals surface area contributed by atoms with E-state index < -0.39 is 10.0 Å². The van der Waals surface area contributed by atoms with Crippen LogP contribution in [0.2, 0.25) is 0 Å². The summed E-state index contributed by atoms with van der Waals surface area (Å²) < 4.78 is 22.8. The van der Waals surface area contributed by atoms with Crippen molar-refractivity contribution in [2.45, 2.75) is 25.3 Å². The van der Waals surface area contributed by atoms with Crippen molar-refractivity contribution < 1.29 is 8.42 Å². The van der Waals surface area contributed by atoms with Gasteiger partial charge in [-0.2, -0.15) is 0 Å². The summed E-state index contributed by atoms with van der Waals surface area (Å²) >= 11 is 0. The van der Waals surface area contributed by atoms with Crippen LogP contribution in [0.3, 0.4) is 0 Å². The monoisotopic (exact) mass is 280 g/mol. The average Bonchev–Trinajstić information content (AvgIpc) is 2.82. The van der Waals surface area contributed by atoms with E-state index in [1.54, 1.807) is 24.7 Å². The summed E-state index contributed by atoms with van der Waals surface area (Å²) in [5.74, 6) is 0. The van der Waals surface area contributed by atoms with Gasteiger partial charge in [-0.1, -0.05) is 0 Å². The normalized spacial score (nSPS) is 11.5. The van der Waals surface area contributed by atoms with Crippen LogP contribution in [0.5, 0.6) is 0 Å². The summed E-state index contributed by atoms with van der Waals surface area (Å²) in [6, 6.07) is 3.13. The third kappa shape index (κ3) is 3.12. The summed E-state index contributed by atoms with van der Waals surface area (Å²) in [6.45, 7) is 4.32. The Morgan fingerprint density at radius 2 is 2.11 bits per heavy atom. The Hall–Kier alpha value is -1.86. The van der Waals surface area contributed by atoms with Gasteiger partial charge in [0.25, 0.3) is 0 Å². The molecule has 0 fully saturated rings. The number of aryl methyl sites for hydroxylation is 1. The fourth-order valence-corrected chi connectivity index (χ4v) is 2.37. The number of nitrogens with zero attached hydrogens (tertiary/aromatic N) is 1. The number of primary sulfonamides is 1. The highest BCUT2D eigenvalue weighted by Crippen LogP contribution is 2.23. The number of imidazole rings is 1. The van der Waals surface area contributed by atoms with Crippen LogP contribution >= 0.6 is 0 Å². The van der Waals surface area contributed by atoms with Crippen LogP contribution in [-0.4, -0.2) is 18.4 Å². The number of aromatic amines is 1. The van der Waals surface area contributed by atoms with Crippen LogP contribution in [0.25, 0.3) is 0 Å². The fraction of sp³-hybridized carbons (Fsp3) is 0.250. The second-order valence-electron chi connectivity index (χ2n) is 4.39. The van der Waals surface area contributed by atoms with Gasteiger partial charge >= 0.3 is 0 Å². The topological polar surface area (TPSA) is 101 Å². The van der Waals surface area contributed by atoms with E-state index in [0.29, 0.717) is 6.54 Å². The smallest absolute Gasteiger partial charge is 0.238 e. The van der Waals surface area contributed by atoms with Crippen molar-refractivity contribution in [2.75, 3.05) is 5.32 Å². The average molecular weight is 280 g/mol. The largest absolute Gasteiger partial charge is 0.379 e. The lowest BCUT2D eigenvalue weighted by molar-refractivity contribution is 0.597. The minimum absolute atomic E-state index is 0.114. The lowest BCUT2D eigenvalue weighted by Crippen LogP contribution is -2.13. The summed E-state index contributed by atoms with van der Waals surface area (Å²) in [5.41, 5.74) is 3.53. The molecule has 0 unspecified atom stereocenters. The van der Waals surface area contributed by atoms with Crippen LogP contribution in [0.4, 0.5) is 5.69 Å². The first-order valence-electron chi connectivity index (χ1n) is 5.73. The summed E-state index contributed by atoms with van der Waals surface area (Å²) in [4.78, 5) is 7.00. The van der Waals surface area contributed by atoms with E-state index in [-0.39, 0.29) is 4.90 Å².